The Kier molecular flexibility index (Phi) is 6.67. The number of carbonyl (C=O) groups excluding carboxylic acids is 2. The first kappa shape index (κ1) is 14.9. The van der Waals surface area contributed by atoms with E-state index in [-0.39, 0.29) is 18.4 Å². The van der Waals surface area contributed by atoms with Crippen molar-refractivity contribution in [3.63, 3.8) is 0 Å². The second-order valence-corrected chi connectivity index (χ2v) is 3.81. The topological polar surface area (TPSA) is 90.6 Å². The maximum Gasteiger partial charge on any atom is 0.330 e. The predicted octanol–water partition coefficient (Wildman–Crippen LogP) is -0.726. The summed E-state index contributed by atoms with van der Waals surface area (Å²) in [6.07, 6.45) is 0. The molecule has 0 aromatic heterocycles. The van der Waals surface area contributed by atoms with Crippen molar-refractivity contribution in [1.82, 2.24) is 5.32 Å². The molecule has 0 heterocycles. The van der Waals surface area contributed by atoms with Gasteiger partial charge in [-0.3, -0.25) is 4.79 Å². The number of carbonyl (C=O) groups is 2. The van der Waals surface area contributed by atoms with Gasteiger partial charge in [-0.15, -0.1) is 0 Å². The quantitative estimate of drug-likeness (QED) is 0.589. The summed E-state index contributed by atoms with van der Waals surface area (Å²) < 4.78 is 9.34. The third kappa shape index (κ3) is 4.59. The van der Waals surface area contributed by atoms with E-state index in [1.165, 1.54) is 14.2 Å². The van der Waals surface area contributed by atoms with E-state index in [9.17, 15) is 9.59 Å². The van der Waals surface area contributed by atoms with Crippen LogP contribution in [0.5, 0.6) is 0 Å². The largest absolute Gasteiger partial charge is 0.467 e. The van der Waals surface area contributed by atoms with Crippen molar-refractivity contribution < 1.29 is 19.1 Å². The zero-order valence-electron chi connectivity index (χ0n) is 10.1. The highest BCUT2D eigenvalue weighted by molar-refractivity contribution is 5.87. The van der Waals surface area contributed by atoms with E-state index < -0.39 is 18.1 Å². The second kappa shape index (κ2) is 7.19. The van der Waals surface area contributed by atoms with Gasteiger partial charge in [-0.25, -0.2) is 4.79 Å². The molecule has 2 unspecified atom stereocenters. The summed E-state index contributed by atoms with van der Waals surface area (Å²) in [4.78, 5) is 22.9. The van der Waals surface area contributed by atoms with Gasteiger partial charge in [0.05, 0.1) is 19.8 Å². The molecule has 6 nitrogen and oxygen atoms in total. The number of esters is 1. The molecule has 2 atom stereocenters. The summed E-state index contributed by atoms with van der Waals surface area (Å²) >= 11 is 0. The highest BCUT2D eigenvalue weighted by Gasteiger charge is 2.25. The van der Waals surface area contributed by atoms with Crippen LogP contribution in [0.3, 0.4) is 0 Å². The molecule has 0 radical (unpaired) electrons. The minimum Gasteiger partial charge on any atom is -0.467 e. The summed E-state index contributed by atoms with van der Waals surface area (Å²) in [5.74, 6) is -0.936. The molecule has 0 saturated heterocycles. The van der Waals surface area contributed by atoms with Gasteiger partial charge in [0.2, 0.25) is 5.91 Å². The van der Waals surface area contributed by atoms with Crippen molar-refractivity contribution in [3.05, 3.63) is 0 Å². The minimum absolute atomic E-state index is 0.000779. The van der Waals surface area contributed by atoms with Crippen LogP contribution in [-0.4, -0.2) is 44.8 Å². The average Bonchev–Trinajstić information content (AvgIpc) is 2.25. The zero-order chi connectivity index (χ0) is 12.7. The number of amides is 1. The van der Waals surface area contributed by atoms with Crippen LogP contribution in [0.15, 0.2) is 0 Å². The molecule has 0 fully saturated rings. The van der Waals surface area contributed by atoms with Gasteiger partial charge in [0, 0.05) is 7.11 Å². The molecule has 3 N–H and O–H groups in total. The van der Waals surface area contributed by atoms with Crippen LogP contribution in [0, 0.1) is 5.92 Å². The highest BCUT2D eigenvalue weighted by atomic mass is 16.5. The van der Waals surface area contributed by atoms with Gasteiger partial charge in [-0.05, 0) is 5.92 Å². The maximum atomic E-state index is 11.6. The number of methoxy groups -OCH3 is 2. The fourth-order valence-electron chi connectivity index (χ4n) is 1.05. The third-order valence-electron chi connectivity index (χ3n) is 2.16. The second-order valence-electron chi connectivity index (χ2n) is 3.81. The first-order valence-corrected chi connectivity index (χ1v) is 5.06. The summed E-state index contributed by atoms with van der Waals surface area (Å²) in [7, 11) is 2.68. The molecule has 94 valence electrons. The lowest BCUT2D eigenvalue weighted by molar-refractivity contribution is -0.146. The number of hydrogen-bond donors (Lipinski definition) is 2. The zero-order valence-corrected chi connectivity index (χ0v) is 10.1. The van der Waals surface area contributed by atoms with Crippen LogP contribution in [0.4, 0.5) is 0 Å². The molecule has 0 bridgehead atoms. The number of nitrogens with two attached hydrogens (primary N) is 1. The molecule has 0 aliphatic rings. The fraction of sp³-hybridized carbons (Fsp3) is 0.800. The molecule has 0 rings (SSSR count). The van der Waals surface area contributed by atoms with Gasteiger partial charge < -0.3 is 20.5 Å². The Bertz CT molecular complexity index is 243. The van der Waals surface area contributed by atoms with Gasteiger partial charge >= 0.3 is 5.97 Å². The number of ether oxygens (including phenoxy) is 2. The Morgan fingerprint density at radius 1 is 1.31 bits per heavy atom. The monoisotopic (exact) mass is 232 g/mol. The van der Waals surface area contributed by atoms with Gasteiger partial charge in [-0.1, -0.05) is 13.8 Å². The van der Waals surface area contributed by atoms with E-state index in [0.29, 0.717) is 0 Å². The van der Waals surface area contributed by atoms with Gasteiger partial charge in [-0.2, -0.15) is 0 Å². The van der Waals surface area contributed by atoms with Crippen molar-refractivity contribution in [2.75, 3.05) is 20.8 Å². The summed E-state index contributed by atoms with van der Waals surface area (Å²) in [5, 5.41) is 2.49. The van der Waals surface area contributed by atoms with Crippen LogP contribution < -0.4 is 11.1 Å². The first-order valence-electron chi connectivity index (χ1n) is 5.06. The molecular formula is C10H20N2O4. The predicted molar refractivity (Wildman–Crippen MR) is 58.6 cm³/mol. The first-order chi connectivity index (χ1) is 7.43. The summed E-state index contributed by atoms with van der Waals surface area (Å²) in [5.41, 5.74) is 5.64. The molecule has 0 saturated carbocycles. The molecule has 16 heavy (non-hydrogen) atoms. The minimum atomic E-state index is -0.813. The molecule has 1 amide bonds. The van der Waals surface area contributed by atoms with E-state index in [1.54, 1.807) is 0 Å². The summed E-state index contributed by atoms with van der Waals surface area (Å²) in [6, 6.07) is -1.46. The Hall–Kier alpha value is -1.14. The number of hydrogen-bond acceptors (Lipinski definition) is 5. The van der Waals surface area contributed by atoms with Crippen LogP contribution in [0.1, 0.15) is 13.8 Å². The lowest BCUT2D eigenvalue weighted by Crippen LogP contribution is -2.52. The molecule has 6 heteroatoms. The lowest BCUT2D eigenvalue weighted by atomic mass is 10.0. The van der Waals surface area contributed by atoms with E-state index in [2.05, 4.69) is 10.1 Å². The molecule has 0 spiro atoms. The molecule has 0 aliphatic carbocycles. The van der Waals surface area contributed by atoms with Gasteiger partial charge in [0.15, 0.2) is 6.04 Å². The third-order valence-corrected chi connectivity index (χ3v) is 2.16. The van der Waals surface area contributed by atoms with E-state index in [4.69, 9.17) is 10.5 Å². The van der Waals surface area contributed by atoms with Crippen molar-refractivity contribution in [2.24, 2.45) is 11.7 Å². The highest BCUT2D eigenvalue weighted by Crippen LogP contribution is 1.99. The molecular weight excluding hydrogens is 212 g/mol. The maximum absolute atomic E-state index is 11.6. The number of nitrogens with one attached hydrogen (secondary N) is 1. The normalized spacial score (nSPS) is 14.4. The van der Waals surface area contributed by atoms with Crippen LogP contribution >= 0.6 is 0 Å². The molecule has 0 aromatic carbocycles. The SMILES string of the molecule is COCC(NC(=O)C(N)C(C)C)C(=O)OC. The standard InChI is InChI=1S/C10H20N2O4/c1-6(2)8(11)9(13)12-7(5-15-3)10(14)16-4/h6-8H,5,11H2,1-4H3,(H,12,13). The van der Waals surface area contributed by atoms with E-state index >= 15 is 0 Å². The van der Waals surface area contributed by atoms with Crippen molar-refractivity contribution >= 4 is 11.9 Å². The van der Waals surface area contributed by atoms with Gasteiger partial charge in [0.25, 0.3) is 0 Å². The van der Waals surface area contributed by atoms with Crippen molar-refractivity contribution in [3.8, 4) is 0 Å². The van der Waals surface area contributed by atoms with Crippen LogP contribution in [0.25, 0.3) is 0 Å². The van der Waals surface area contributed by atoms with E-state index in [1.807, 2.05) is 13.8 Å². The number of rotatable bonds is 6. The summed E-state index contributed by atoms with van der Waals surface area (Å²) in [6.45, 7) is 3.71. The van der Waals surface area contributed by atoms with Crippen molar-refractivity contribution in [1.29, 1.82) is 0 Å². The smallest absolute Gasteiger partial charge is 0.330 e. The van der Waals surface area contributed by atoms with Crippen LogP contribution in [-0.2, 0) is 19.1 Å². The molecule has 0 aromatic rings. The Labute approximate surface area is 95.5 Å². The lowest BCUT2D eigenvalue weighted by Gasteiger charge is -2.20. The Balaban J connectivity index is 4.39. The Morgan fingerprint density at radius 3 is 2.25 bits per heavy atom. The van der Waals surface area contributed by atoms with Crippen molar-refractivity contribution in [2.45, 2.75) is 25.9 Å². The van der Waals surface area contributed by atoms with E-state index in [0.717, 1.165) is 0 Å². The Morgan fingerprint density at radius 2 is 1.88 bits per heavy atom. The average molecular weight is 232 g/mol. The fourth-order valence-corrected chi connectivity index (χ4v) is 1.05. The molecule has 0 aliphatic heterocycles. The van der Waals surface area contributed by atoms with Crippen LogP contribution in [0.2, 0.25) is 0 Å². The van der Waals surface area contributed by atoms with Gasteiger partial charge in [0.1, 0.15) is 0 Å².